The van der Waals surface area contributed by atoms with Crippen molar-refractivity contribution >= 4 is 28.1 Å². The van der Waals surface area contributed by atoms with E-state index in [1.807, 2.05) is 55.5 Å². The van der Waals surface area contributed by atoms with E-state index in [4.69, 9.17) is 4.74 Å². The van der Waals surface area contributed by atoms with E-state index >= 15 is 0 Å². The van der Waals surface area contributed by atoms with Crippen LogP contribution in [-0.2, 0) is 4.74 Å². The summed E-state index contributed by atoms with van der Waals surface area (Å²) in [6, 6.07) is 18.9. The molecule has 0 radical (unpaired) electrons. The molecule has 0 aliphatic carbocycles. The highest BCUT2D eigenvalue weighted by atomic mass is 32.1. The molecule has 0 aliphatic heterocycles. The average molecular weight is 391 g/mol. The van der Waals surface area contributed by atoms with E-state index in [1.54, 1.807) is 25.3 Å². The summed E-state index contributed by atoms with van der Waals surface area (Å²) < 4.78 is 5.23. The third-order valence-electron chi connectivity index (χ3n) is 4.17. The molecule has 0 fully saturated rings. The first-order valence-corrected chi connectivity index (χ1v) is 9.81. The van der Waals surface area contributed by atoms with E-state index in [2.05, 4.69) is 5.32 Å². The van der Waals surface area contributed by atoms with Crippen LogP contribution in [0.25, 0.3) is 10.4 Å². The lowest BCUT2D eigenvalue weighted by atomic mass is 10.1. The lowest BCUT2D eigenvalue weighted by Crippen LogP contribution is -2.07. The smallest absolute Gasteiger partial charge is 0.341 e. The van der Waals surface area contributed by atoms with Gasteiger partial charge in [-0.25, -0.2) is 4.79 Å². The molecule has 0 unspecified atom stereocenters. The van der Waals surface area contributed by atoms with Crippen LogP contribution in [0.4, 0.5) is 5.00 Å². The lowest BCUT2D eigenvalue weighted by molar-refractivity contribution is 0.0527. The first kappa shape index (κ1) is 19.6. The van der Waals surface area contributed by atoms with E-state index in [0.29, 0.717) is 22.7 Å². The van der Waals surface area contributed by atoms with Gasteiger partial charge in [0.2, 0.25) is 0 Å². The molecule has 3 aromatic rings. The van der Waals surface area contributed by atoms with E-state index in [0.717, 1.165) is 16.0 Å². The SMILES string of the molecule is CCOC(=O)c1c(NC=CC(=O)c2ccccc2)sc(-c2ccccc2)c1C. The average Bonchev–Trinajstić information content (AvgIpc) is 3.05. The van der Waals surface area contributed by atoms with Gasteiger partial charge in [0.15, 0.2) is 5.78 Å². The van der Waals surface area contributed by atoms with Crippen LogP contribution in [0.15, 0.2) is 72.9 Å². The Morgan fingerprint density at radius 3 is 2.32 bits per heavy atom. The van der Waals surface area contributed by atoms with E-state index < -0.39 is 0 Å². The molecule has 0 saturated heterocycles. The number of benzene rings is 2. The zero-order chi connectivity index (χ0) is 19.9. The topological polar surface area (TPSA) is 55.4 Å². The highest BCUT2D eigenvalue weighted by Gasteiger charge is 2.22. The number of allylic oxidation sites excluding steroid dienone is 1. The van der Waals surface area contributed by atoms with Crippen molar-refractivity contribution in [3.8, 4) is 10.4 Å². The molecule has 0 saturated carbocycles. The summed E-state index contributed by atoms with van der Waals surface area (Å²) >= 11 is 1.47. The quantitative estimate of drug-likeness (QED) is 0.318. The highest BCUT2D eigenvalue weighted by molar-refractivity contribution is 7.20. The Bertz CT molecular complexity index is 991. The highest BCUT2D eigenvalue weighted by Crippen LogP contribution is 2.40. The molecule has 0 amide bonds. The molecule has 4 nitrogen and oxygen atoms in total. The zero-order valence-corrected chi connectivity index (χ0v) is 16.6. The second-order valence-corrected chi connectivity index (χ2v) is 7.08. The molecule has 142 valence electrons. The van der Waals surface area contributed by atoms with Gasteiger partial charge in [0, 0.05) is 22.7 Å². The summed E-state index contributed by atoms with van der Waals surface area (Å²) in [4.78, 5) is 25.7. The zero-order valence-electron chi connectivity index (χ0n) is 15.8. The minimum atomic E-state index is -0.372. The van der Waals surface area contributed by atoms with E-state index in [1.165, 1.54) is 17.4 Å². The summed E-state index contributed by atoms with van der Waals surface area (Å²) in [5, 5.41) is 3.76. The number of ether oxygens (including phenoxy) is 1. The van der Waals surface area contributed by atoms with Crippen molar-refractivity contribution in [3.05, 3.63) is 89.6 Å². The molecular weight excluding hydrogens is 370 g/mol. The van der Waals surface area contributed by atoms with Crippen molar-refractivity contribution in [1.29, 1.82) is 0 Å². The van der Waals surface area contributed by atoms with Gasteiger partial charge in [-0.1, -0.05) is 60.7 Å². The summed E-state index contributed by atoms with van der Waals surface area (Å²) in [5.74, 6) is -0.480. The summed E-state index contributed by atoms with van der Waals surface area (Å²) in [6.07, 6.45) is 3.03. The van der Waals surface area contributed by atoms with Crippen molar-refractivity contribution in [2.24, 2.45) is 0 Å². The normalized spacial score (nSPS) is 10.8. The van der Waals surface area contributed by atoms with Gasteiger partial charge < -0.3 is 10.1 Å². The number of hydrogen-bond acceptors (Lipinski definition) is 5. The lowest BCUT2D eigenvalue weighted by Gasteiger charge is -2.05. The Hall–Kier alpha value is -3.18. The van der Waals surface area contributed by atoms with Crippen LogP contribution in [0, 0.1) is 6.92 Å². The van der Waals surface area contributed by atoms with Crippen molar-refractivity contribution < 1.29 is 14.3 Å². The molecule has 0 spiro atoms. The minimum Gasteiger partial charge on any atom is -0.462 e. The van der Waals surface area contributed by atoms with Crippen molar-refractivity contribution in [2.45, 2.75) is 13.8 Å². The molecule has 1 N–H and O–H groups in total. The fourth-order valence-corrected chi connectivity index (χ4v) is 4.00. The molecular formula is C23H21NO3S. The third kappa shape index (κ3) is 4.38. The number of hydrogen-bond donors (Lipinski definition) is 1. The summed E-state index contributed by atoms with van der Waals surface area (Å²) in [7, 11) is 0. The van der Waals surface area contributed by atoms with E-state index in [-0.39, 0.29) is 11.8 Å². The maximum Gasteiger partial charge on any atom is 0.341 e. The van der Waals surface area contributed by atoms with Crippen LogP contribution >= 0.6 is 11.3 Å². The van der Waals surface area contributed by atoms with Crippen LogP contribution in [0.3, 0.4) is 0 Å². The Balaban J connectivity index is 1.89. The van der Waals surface area contributed by atoms with Gasteiger partial charge in [-0.05, 0) is 25.0 Å². The molecule has 2 aromatic carbocycles. The van der Waals surface area contributed by atoms with Gasteiger partial charge in [0.05, 0.1) is 12.2 Å². The first-order valence-electron chi connectivity index (χ1n) is 9.00. The van der Waals surface area contributed by atoms with Gasteiger partial charge >= 0.3 is 5.97 Å². The molecule has 0 aliphatic rings. The Labute approximate surface area is 168 Å². The number of carbonyl (C=O) groups is 2. The Morgan fingerprint density at radius 2 is 1.68 bits per heavy atom. The summed E-state index contributed by atoms with van der Waals surface area (Å²) in [5.41, 5.74) is 3.01. The summed E-state index contributed by atoms with van der Waals surface area (Å²) in [6.45, 7) is 3.99. The number of esters is 1. The monoisotopic (exact) mass is 391 g/mol. The molecule has 0 bridgehead atoms. The third-order valence-corrected chi connectivity index (χ3v) is 5.44. The maximum atomic E-state index is 12.5. The largest absolute Gasteiger partial charge is 0.462 e. The molecule has 0 atom stereocenters. The van der Waals surface area contributed by atoms with Crippen molar-refractivity contribution in [1.82, 2.24) is 0 Å². The van der Waals surface area contributed by atoms with Gasteiger partial charge in [0.1, 0.15) is 5.00 Å². The molecule has 1 aromatic heterocycles. The second kappa shape index (κ2) is 9.15. The Morgan fingerprint density at radius 1 is 1.04 bits per heavy atom. The molecule has 5 heteroatoms. The van der Waals surface area contributed by atoms with Crippen LogP contribution in [0.5, 0.6) is 0 Å². The van der Waals surface area contributed by atoms with Crippen molar-refractivity contribution in [2.75, 3.05) is 11.9 Å². The van der Waals surface area contributed by atoms with Crippen LogP contribution in [0.1, 0.15) is 33.2 Å². The minimum absolute atomic E-state index is 0.109. The van der Waals surface area contributed by atoms with Gasteiger partial charge in [-0.3, -0.25) is 4.79 Å². The molecule has 28 heavy (non-hydrogen) atoms. The maximum absolute atomic E-state index is 12.5. The fraction of sp³-hybridized carbons (Fsp3) is 0.130. The molecule has 1 heterocycles. The fourth-order valence-electron chi connectivity index (χ4n) is 2.82. The van der Waals surface area contributed by atoms with Gasteiger partial charge in [0.25, 0.3) is 0 Å². The Kier molecular flexibility index (Phi) is 6.40. The van der Waals surface area contributed by atoms with Crippen LogP contribution < -0.4 is 5.32 Å². The number of nitrogens with one attached hydrogen (secondary N) is 1. The first-order chi connectivity index (χ1) is 13.6. The number of carbonyl (C=O) groups excluding carboxylic acids is 2. The number of ketones is 1. The van der Waals surface area contributed by atoms with Gasteiger partial charge in [-0.15, -0.1) is 11.3 Å². The van der Waals surface area contributed by atoms with E-state index in [9.17, 15) is 9.59 Å². The molecule has 3 rings (SSSR count). The standard InChI is InChI=1S/C23H21NO3S/c1-3-27-23(26)20-16(2)21(18-12-8-5-9-13-18)28-22(20)24-15-14-19(25)17-10-6-4-7-11-17/h4-15,24H,3H2,1-2H3. The van der Waals surface area contributed by atoms with Crippen LogP contribution in [0.2, 0.25) is 0 Å². The number of thiophene rings is 1. The van der Waals surface area contributed by atoms with Gasteiger partial charge in [-0.2, -0.15) is 0 Å². The van der Waals surface area contributed by atoms with Crippen molar-refractivity contribution in [3.63, 3.8) is 0 Å². The van der Waals surface area contributed by atoms with Crippen LogP contribution in [-0.4, -0.2) is 18.4 Å². The number of rotatable bonds is 7. The predicted molar refractivity (Wildman–Crippen MR) is 114 cm³/mol. The predicted octanol–water partition coefficient (Wildman–Crippen LogP) is 5.71. The number of anilines is 1. The second-order valence-electron chi connectivity index (χ2n) is 6.05.